The van der Waals surface area contributed by atoms with E-state index >= 15 is 0 Å². The third-order valence-electron chi connectivity index (χ3n) is 5.51. The number of ketones is 1. The minimum absolute atomic E-state index is 0.132. The zero-order valence-electron chi connectivity index (χ0n) is 16.4. The van der Waals surface area contributed by atoms with Gasteiger partial charge in [0.2, 0.25) is 0 Å². The van der Waals surface area contributed by atoms with E-state index in [4.69, 9.17) is 4.74 Å². The molecule has 2 atom stereocenters. The van der Waals surface area contributed by atoms with Crippen LogP contribution in [0, 0.1) is 5.92 Å². The highest BCUT2D eigenvalue weighted by molar-refractivity contribution is 5.95. The number of esters is 1. The fourth-order valence-electron chi connectivity index (χ4n) is 4.15. The summed E-state index contributed by atoms with van der Waals surface area (Å²) in [5.74, 6) is -1.11. The normalized spacial score (nSPS) is 21.1. The summed E-state index contributed by atoms with van der Waals surface area (Å²) < 4.78 is 5.63. The molecule has 0 radical (unpaired) electrons. The van der Waals surface area contributed by atoms with E-state index in [1.54, 1.807) is 6.20 Å². The van der Waals surface area contributed by atoms with Crippen LogP contribution < -0.4 is 5.32 Å². The van der Waals surface area contributed by atoms with Crippen molar-refractivity contribution in [2.75, 3.05) is 6.61 Å². The molecule has 0 spiro atoms. The number of ether oxygens (including phenoxy) is 1. The minimum Gasteiger partial charge on any atom is -0.462 e. The van der Waals surface area contributed by atoms with Gasteiger partial charge in [-0.2, -0.15) is 0 Å². The molecule has 1 aliphatic heterocycles. The van der Waals surface area contributed by atoms with Crippen LogP contribution in [0.1, 0.15) is 36.9 Å². The van der Waals surface area contributed by atoms with Crippen LogP contribution in [0.5, 0.6) is 0 Å². The molecule has 0 amide bonds. The van der Waals surface area contributed by atoms with Crippen LogP contribution in [0.3, 0.4) is 0 Å². The number of hydrogen-bond donors (Lipinski definition) is 1. The molecule has 2 unspecified atom stereocenters. The largest absolute Gasteiger partial charge is 0.462 e. The van der Waals surface area contributed by atoms with Crippen LogP contribution in [-0.4, -0.2) is 23.3 Å². The lowest BCUT2D eigenvalue weighted by atomic mass is 9.72. The number of carbonyl (C=O) groups excluding carboxylic acids is 2. The summed E-state index contributed by atoms with van der Waals surface area (Å²) >= 11 is 0. The number of benzene rings is 1. The van der Waals surface area contributed by atoms with Crippen LogP contribution >= 0.6 is 0 Å². The van der Waals surface area contributed by atoms with E-state index in [0.717, 1.165) is 29.1 Å². The zero-order valence-corrected chi connectivity index (χ0v) is 16.4. The number of nitrogens with zero attached hydrogens (tertiary/aromatic N) is 1. The van der Waals surface area contributed by atoms with E-state index < -0.39 is 11.8 Å². The van der Waals surface area contributed by atoms with Crippen LogP contribution in [0.15, 0.2) is 77.8 Å². The second-order valence-corrected chi connectivity index (χ2v) is 7.41. The Balaban J connectivity index is 1.62. The fraction of sp³-hybridized carbons (Fsp3) is 0.292. The van der Waals surface area contributed by atoms with Gasteiger partial charge in [-0.1, -0.05) is 42.5 Å². The highest BCUT2D eigenvalue weighted by atomic mass is 16.5. The molecule has 1 aromatic carbocycles. The number of hydrogen-bond acceptors (Lipinski definition) is 5. The van der Waals surface area contributed by atoms with Crippen molar-refractivity contribution in [3.8, 4) is 0 Å². The smallest absolute Gasteiger partial charge is 0.336 e. The Bertz CT molecular complexity index is 964. The van der Waals surface area contributed by atoms with Gasteiger partial charge in [-0.25, -0.2) is 4.79 Å². The zero-order chi connectivity index (χ0) is 20.2. The maximum Gasteiger partial charge on any atom is 0.336 e. The van der Waals surface area contributed by atoms with Gasteiger partial charge in [0.1, 0.15) is 5.78 Å². The molecule has 1 aromatic heterocycles. The highest BCUT2D eigenvalue weighted by Gasteiger charge is 2.43. The van der Waals surface area contributed by atoms with Crippen molar-refractivity contribution in [2.45, 2.75) is 32.1 Å². The predicted octanol–water partition coefficient (Wildman–Crippen LogP) is 3.69. The first-order valence-electron chi connectivity index (χ1n) is 9.97. The van der Waals surface area contributed by atoms with E-state index in [1.165, 1.54) is 0 Å². The third kappa shape index (κ3) is 3.99. The number of Topliss-reactive ketones (excluding diaryl/α,β-unsaturated/α-hetero) is 1. The molecule has 2 aliphatic rings. The van der Waals surface area contributed by atoms with Crippen molar-refractivity contribution in [2.24, 2.45) is 5.92 Å². The quantitative estimate of drug-likeness (QED) is 0.791. The molecule has 148 valence electrons. The van der Waals surface area contributed by atoms with Gasteiger partial charge in [0.05, 0.1) is 24.0 Å². The number of pyridine rings is 1. The van der Waals surface area contributed by atoms with Gasteiger partial charge in [0.25, 0.3) is 0 Å². The Morgan fingerprint density at radius 1 is 1.14 bits per heavy atom. The Morgan fingerprint density at radius 2 is 1.93 bits per heavy atom. The lowest BCUT2D eigenvalue weighted by Gasteiger charge is -2.37. The van der Waals surface area contributed by atoms with Crippen molar-refractivity contribution >= 4 is 11.8 Å². The maximum atomic E-state index is 13.1. The van der Waals surface area contributed by atoms with Gasteiger partial charge in [0, 0.05) is 36.1 Å². The molecule has 5 nitrogen and oxygen atoms in total. The summed E-state index contributed by atoms with van der Waals surface area (Å²) in [5.41, 5.74) is 3.92. The Labute approximate surface area is 170 Å². The number of nitrogens with one attached hydrogen (secondary N) is 1. The van der Waals surface area contributed by atoms with Crippen molar-refractivity contribution in [1.82, 2.24) is 10.3 Å². The molecule has 1 N–H and O–H groups in total. The number of fused-ring (bicyclic) bond motifs is 1. The van der Waals surface area contributed by atoms with E-state index in [0.29, 0.717) is 18.4 Å². The first-order chi connectivity index (χ1) is 14.1. The molecule has 0 saturated carbocycles. The van der Waals surface area contributed by atoms with Crippen molar-refractivity contribution in [1.29, 1.82) is 0 Å². The molecule has 2 heterocycles. The Kier molecular flexibility index (Phi) is 5.56. The summed E-state index contributed by atoms with van der Waals surface area (Å²) in [5, 5.41) is 3.28. The molecular weight excluding hydrogens is 364 g/mol. The number of rotatable bonds is 5. The summed E-state index contributed by atoms with van der Waals surface area (Å²) in [6, 6.07) is 15.5. The summed E-state index contributed by atoms with van der Waals surface area (Å²) in [4.78, 5) is 30.4. The summed E-state index contributed by atoms with van der Waals surface area (Å²) in [7, 11) is 0. The average Bonchev–Trinajstić information content (AvgIpc) is 2.74. The molecule has 5 heteroatoms. The van der Waals surface area contributed by atoms with Gasteiger partial charge in [-0.05, 0) is 31.0 Å². The minimum atomic E-state index is -0.430. The summed E-state index contributed by atoms with van der Waals surface area (Å²) in [6.45, 7) is 2.15. The van der Waals surface area contributed by atoms with Gasteiger partial charge < -0.3 is 10.1 Å². The molecule has 0 fully saturated rings. The molecule has 0 saturated heterocycles. The van der Waals surface area contributed by atoms with E-state index in [1.807, 2.05) is 55.5 Å². The van der Waals surface area contributed by atoms with Crippen LogP contribution in [0.4, 0.5) is 0 Å². The van der Waals surface area contributed by atoms with Crippen molar-refractivity contribution in [3.05, 3.63) is 89.0 Å². The van der Waals surface area contributed by atoms with E-state index in [9.17, 15) is 9.59 Å². The molecule has 0 bridgehead atoms. The van der Waals surface area contributed by atoms with Crippen molar-refractivity contribution in [3.63, 3.8) is 0 Å². The highest BCUT2D eigenvalue weighted by Crippen LogP contribution is 2.43. The van der Waals surface area contributed by atoms with Crippen LogP contribution in [-0.2, 0) is 20.7 Å². The van der Waals surface area contributed by atoms with Crippen LogP contribution in [0.2, 0.25) is 0 Å². The van der Waals surface area contributed by atoms with Crippen molar-refractivity contribution < 1.29 is 14.3 Å². The standard InChI is InChI=1S/C24H24N2O3/c1-16-21(24(28)29-15-13-17-8-3-2-4-9-17)23(18-10-5-6-14-25-18)22-19(26-16)11-7-12-20(22)27/h2-6,8-11,14,22-23,26H,7,12-13,15H2,1H3. The number of carbonyl (C=O) groups is 2. The number of aromatic nitrogens is 1. The van der Waals surface area contributed by atoms with E-state index in [2.05, 4.69) is 16.4 Å². The first-order valence-corrected chi connectivity index (χ1v) is 9.97. The van der Waals surface area contributed by atoms with E-state index in [-0.39, 0.29) is 18.4 Å². The topological polar surface area (TPSA) is 68.3 Å². The second-order valence-electron chi connectivity index (χ2n) is 7.41. The monoisotopic (exact) mass is 388 g/mol. The van der Waals surface area contributed by atoms with Crippen LogP contribution in [0.25, 0.3) is 0 Å². The molecular formula is C24H24N2O3. The average molecular weight is 388 g/mol. The van der Waals surface area contributed by atoms with Gasteiger partial charge in [-0.3, -0.25) is 9.78 Å². The third-order valence-corrected chi connectivity index (χ3v) is 5.51. The SMILES string of the molecule is CC1=C(C(=O)OCCc2ccccc2)C(c2ccccn2)C2C(=O)CCC=C2N1. The molecule has 1 aliphatic carbocycles. The van der Waals surface area contributed by atoms with Gasteiger partial charge >= 0.3 is 5.97 Å². The molecule has 4 rings (SSSR count). The predicted molar refractivity (Wildman–Crippen MR) is 110 cm³/mol. The molecule has 2 aromatic rings. The fourth-order valence-corrected chi connectivity index (χ4v) is 4.15. The lowest BCUT2D eigenvalue weighted by molar-refractivity contribution is -0.139. The Morgan fingerprint density at radius 3 is 2.69 bits per heavy atom. The second kappa shape index (κ2) is 8.43. The maximum absolute atomic E-state index is 13.1. The Hall–Kier alpha value is -3.21. The first kappa shape index (κ1) is 19.1. The molecule has 29 heavy (non-hydrogen) atoms. The number of allylic oxidation sites excluding steroid dienone is 3. The lowest BCUT2D eigenvalue weighted by Crippen LogP contribution is -2.41. The summed E-state index contributed by atoms with van der Waals surface area (Å²) in [6.07, 6.45) is 5.60. The van der Waals surface area contributed by atoms with Gasteiger partial charge in [0.15, 0.2) is 0 Å². The van der Waals surface area contributed by atoms with Gasteiger partial charge in [-0.15, -0.1) is 0 Å².